The number of amides is 1. The summed E-state index contributed by atoms with van der Waals surface area (Å²) in [5, 5.41) is 3.28. The molecule has 0 aliphatic carbocycles. The van der Waals surface area contributed by atoms with Gasteiger partial charge in [0.15, 0.2) is 5.60 Å². The number of nitrogens with one attached hydrogen (secondary N) is 1. The zero-order valence-corrected chi connectivity index (χ0v) is 13.9. The quantitative estimate of drug-likeness (QED) is 0.852. The molecule has 7 heteroatoms. The van der Waals surface area contributed by atoms with Crippen LogP contribution in [0.25, 0.3) is 5.69 Å². The third kappa shape index (κ3) is 4.10. The minimum absolute atomic E-state index is 0.205. The maximum absolute atomic E-state index is 12.2. The second-order valence-electron chi connectivity index (χ2n) is 5.49. The summed E-state index contributed by atoms with van der Waals surface area (Å²) < 4.78 is 6.83. The van der Waals surface area contributed by atoms with Gasteiger partial charge in [0.05, 0.1) is 12.0 Å². The Kier molecular flexibility index (Phi) is 5.05. The lowest BCUT2D eigenvalue weighted by Crippen LogP contribution is -2.45. The third-order valence-electron chi connectivity index (χ3n) is 3.25. The molecule has 1 N–H and O–H groups in total. The Balaban J connectivity index is 2.18. The van der Waals surface area contributed by atoms with Gasteiger partial charge in [0.1, 0.15) is 0 Å². The number of ether oxygens (including phenoxy) is 1. The van der Waals surface area contributed by atoms with Crippen LogP contribution in [-0.4, -0.2) is 27.0 Å². The summed E-state index contributed by atoms with van der Waals surface area (Å²) in [6, 6.07) is 5.46. The number of esters is 1. The minimum Gasteiger partial charge on any atom is -0.450 e. The molecule has 23 heavy (non-hydrogen) atoms. The number of rotatable bonds is 5. The molecule has 122 valence electrons. The Morgan fingerprint density at radius 1 is 1.39 bits per heavy atom. The predicted molar refractivity (Wildman–Crippen MR) is 86.3 cm³/mol. The molecule has 0 fully saturated rings. The SMILES string of the molecule is CC(=O)OC(C)(C)C(=O)NCc1c(Cl)cccc1-n1ccnc1. The number of halogens is 1. The van der Waals surface area contributed by atoms with Crippen LogP contribution in [0.1, 0.15) is 26.3 Å². The summed E-state index contributed by atoms with van der Waals surface area (Å²) in [6.45, 7) is 4.54. The first-order valence-electron chi connectivity index (χ1n) is 7.05. The zero-order valence-electron chi connectivity index (χ0n) is 13.2. The number of carbonyl (C=O) groups is 2. The van der Waals surface area contributed by atoms with Gasteiger partial charge in [-0.3, -0.25) is 9.59 Å². The van der Waals surface area contributed by atoms with E-state index in [9.17, 15) is 9.59 Å². The normalized spacial score (nSPS) is 11.1. The lowest BCUT2D eigenvalue weighted by Gasteiger charge is -2.23. The largest absolute Gasteiger partial charge is 0.450 e. The molecule has 0 saturated carbocycles. The lowest BCUT2D eigenvalue weighted by atomic mass is 10.1. The summed E-state index contributed by atoms with van der Waals surface area (Å²) in [7, 11) is 0. The molecule has 1 heterocycles. The van der Waals surface area contributed by atoms with Crippen molar-refractivity contribution in [3.05, 3.63) is 47.5 Å². The second kappa shape index (κ2) is 6.83. The summed E-state index contributed by atoms with van der Waals surface area (Å²) in [5.74, 6) is -0.911. The molecule has 0 atom stereocenters. The van der Waals surface area contributed by atoms with Crippen molar-refractivity contribution in [1.82, 2.24) is 14.9 Å². The van der Waals surface area contributed by atoms with Gasteiger partial charge in [-0.05, 0) is 26.0 Å². The molecule has 0 unspecified atom stereocenters. The van der Waals surface area contributed by atoms with Gasteiger partial charge in [-0.25, -0.2) is 4.98 Å². The first-order valence-corrected chi connectivity index (χ1v) is 7.42. The third-order valence-corrected chi connectivity index (χ3v) is 3.60. The van der Waals surface area contributed by atoms with Gasteiger partial charge in [0.2, 0.25) is 0 Å². The first kappa shape index (κ1) is 17.0. The molecule has 2 rings (SSSR count). The predicted octanol–water partition coefficient (Wildman–Crippen LogP) is 2.48. The molecule has 0 aliphatic heterocycles. The van der Waals surface area contributed by atoms with Crippen molar-refractivity contribution in [2.24, 2.45) is 0 Å². The van der Waals surface area contributed by atoms with E-state index in [4.69, 9.17) is 16.3 Å². The minimum atomic E-state index is -1.25. The highest BCUT2D eigenvalue weighted by Crippen LogP contribution is 2.23. The number of imidazole rings is 1. The van der Waals surface area contributed by atoms with Crippen LogP contribution in [0.5, 0.6) is 0 Å². The van der Waals surface area contributed by atoms with E-state index >= 15 is 0 Å². The molecular weight excluding hydrogens is 318 g/mol. The molecule has 1 aromatic heterocycles. The van der Waals surface area contributed by atoms with E-state index in [2.05, 4.69) is 10.3 Å². The molecule has 0 spiro atoms. The highest BCUT2D eigenvalue weighted by atomic mass is 35.5. The van der Waals surface area contributed by atoms with Gasteiger partial charge in [-0.2, -0.15) is 0 Å². The average Bonchev–Trinajstić information content (AvgIpc) is 2.98. The van der Waals surface area contributed by atoms with Crippen molar-refractivity contribution < 1.29 is 14.3 Å². The molecule has 2 aromatic rings. The van der Waals surface area contributed by atoms with Crippen LogP contribution in [0.15, 0.2) is 36.9 Å². The van der Waals surface area contributed by atoms with Crippen LogP contribution < -0.4 is 5.32 Å². The maximum Gasteiger partial charge on any atom is 0.303 e. The zero-order chi connectivity index (χ0) is 17.0. The summed E-state index contributed by atoms with van der Waals surface area (Å²) in [6.07, 6.45) is 5.10. The highest BCUT2D eigenvalue weighted by Gasteiger charge is 2.30. The van der Waals surface area contributed by atoms with Crippen LogP contribution in [0.3, 0.4) is 0 Å². The molecular formula is C16H18ClN3O3. The van der Waals surface area contributed by atoms with Crippen molar-refractivity contribution in [1.29, 1.82) is 0 Å². The number of benzene rings is 1. The molecule has 0 radical (unpaired) electrons. The average molecular weight is 336 g/mol. The van der Waals surface area contributed by atoms with Gasteiger partial charge in [0.25, 0.3) is 5.91 Å². The molecule has 6 nitrogen and oxygen atoms in total. The van der Waals surface area contributed by atoms with E-state index in [0.29, 0.717) is 5.02 Å². The van der Waals surface area contributed by atoms with E-state index in [1.165, 1.54) is 20.8 Å². The Morgan fingerprint density at radius 2 is 2.13 bits per heavy atom. The van der Waals surface area contributed by atoms with Crippen molar-refractivity contribution in [3.8, 4) is 5.69 Å². The fourth-order valence-electron chi connectivity index (χ4n) is 2.15. The fraction of sp³-hybridized carbons (Fsp3) is 0.312. The molecule has 1 aromatic carbocycles. The van der Waals surface area contributed by atoms with Crippen molar-refractivity contribution >= 4 is 23.5 Å². The highest BCUT2D eigenvalue weighted by molar-refractivity contribution is 6.31. The number of hydrogen-bond donors (Lipinski definition) is 1. The van der Waals surface area contributed by atoms with Crippen LogP contribution in [0.2, 0.25) is 5.02 Å². The van der Waals surface area contributed by atoms with Crippen LogP contribution in [0, 0.1) is 0 Å². The van der Waals surface area contributed by atoms with Crippen LogP contribution >= 0.6 is 11.6 Å². The van der Waals surface area contributed by atoms with Crippen molar-refractivity contribution in [2.75, 3.05) is 0 Å². The number of nitrogens with zero attached hydrogens (tertiary/aromatic N) is 2. The number of hydrogen-bond acceptors (Lipinski definition) is 4. The molecule has 0 bridgehead atoms. The van der Waals surface area contributed by atoms with Gasteiger partial charge in [0, 0.05) is 36.4 Å². The number of carbonyl (C=O) groups excluding carboxylic acids is 2. The Labute approximate surface area is 139 Å². The standard InChI is InChI=1S/C16H18ClN3O3/c1-11(21)23-16(2,3)15(22)19-9-12-13(17)5-4-6-14(12)20-8-7-18-10-20/h4-8,10H,9H2,1-3H3,(H,19,22). The van der Waals surface area contributed by atoms with Gasteiger partial charge in [-0.1, -0.05) is 17.7 Å². The Hall–Kier alpha value is -2.34. The van der Waals surface area contributed by atoms with E-state index in [1.54, 1.807) is 24.8 Å². The van der Waals surface area contributed by atoms with Gasteiger partial charge < -0.3 is 14.6 Å². The topological polar surface area (TPSA) is 73.2 Å². The molecule has 0 saturated heterocycles. The van der Waals surface area contributed by atoms with Crippen LogP contribution in [-0.2, 0) is 20.9 Å². The van der Waals surface area contributed by atoms with Gasteiger partial charge in [-0.15, -0.1) is 0 Å². The molecule has 0 aliphatic rings. The Morgan fingerprint density at radius 3 is 2.74 bits per heavy atom. The Bertz CT molecular complexity index is 711. The van der Waals surface area contributed by atoms with E-state index in [1.807, 2.05) is 16.7 Å². The van der Waals surface area contributed by atoms with E-state index in [0.717, 1.165) is 11.3 Å². The maximum atomic E-state index is 12.2. The van der Waals surface area contributed by atoms with Crippen molar-refractivity contribution in [3.63, 3.8) is 0 Å². The van der Waals surface area contributed by atoms with Crippen LogP contribution in [0.4, 0.5) is 0 Å². The van der Waals surface area contributed by atoms with E-state index in [-0.39, 0.29) is 6.54 Å². The number of aromatic nitrogens is 2. The monoisotopic (exact) mass is 335 g/mol. The van der Waals surface area contributed by atoms with Gasteiger partial charge >= 0.3 is 5.97 Å². The lowest BCUT2D eigenvalue weighted by molar-refractivity contribution is -0.163. The summed E-state index contributed by atoms with van der Waals surface area (Å²) in [5.41, 5.74) is 0.321. The first-order chi connectivity index (χ1) is 10.8. The smallest absolute Gasteiger partial charge is 0.303 e. The summed E-state index contributed by atoms with van der Waals surface area (Å²) in [4.78, 5) is 27.3. The van der Waals surface area contributed by atoms with Crippen molar-refractivity contribution in [2.45, 2.75) is 32.9 Å². The summed E-state index contributed by atoms with van der Waals surface area (Å²) >= 11 is 6.26. The molecule has 1 amide bonds. The van der Waals surface area contributed by atoms with E-state index < -0.39 is 17.5 Å². The second-order valence-corrected chi connectivity index (χ2v) is 5.90. The fourth-order valence-corrected chi connectivity index (χ4v) is 2.39.